The zero-order valence-corrected chi connectivity index (χ0v) is 14.3. The topological polar surface area (TPSA) is 94.9 Å². The van der Waals surface area contributed by atoms with Crippen LogP contribution >= 0.6 is 27.7 Å². The minimum absolute atomic E-state index is 0.0380. The van der Waals surface area contributed by atoms with Crippen LogP contribution < -0.4 is 0 Å². The minimum Gasteiger partial charge on any atom is -0.450 e. The summed E-state index contributed by atoms with van der Waals surface area (Å²) in [7, 11) is 0. The molecule has 0 radical (unpaired) electrons. The van der Waals surface area contributed by atoms with Crippen LogP contribution in [0.3, 0.4) is 0 Å². The molecule has 0 unspecified atom stereocenters. The van der Waals surface area contributed by atoms with E-state index in [1.165, 1.54) is 22.8 Å². The number of carbonyl (C=O) groups is 1. The number of nitrogens with one attached hydrogen (secondary N) is 1. The van der Waals surface area contributed by atoms with E-state index in [1.807, 2.05) is 6.07 Å². The largest absolute Gasteiger partial charge is 0.450 e. The van der Waals surface area contributed by atoms with Gasteiger partial charge in [0.05, 0.1) is 5.57 Å². The summed E-state index contributed by atoms with van der Waals surface area (Å²) in [6, 6.07) is 7.07. The number of thioether (sulfide) groups is 1. The van der Waals surface area contributed by atoms with E-state index in [4.69, 9.17) is 9.83 Å². The second kappa shape index (κ2) is 5.84. The first-order chi connectivity index (χ1) is 11.6. The van der Waals surface area contributed by atoms with E-state index in [-0.39, 0.29) is 11.4 Å². The Balaban J connectivity index is 1.70. The van der Waals surface area contributed by atoms with E-state index in [2.05, 4.69) is 31.0 Å². The van der Waals surface area contributed by atoms with Gasteiger partial charge in [0.25, 0.3) is 5.91 Å². The molecule has 0 bridgehead atoms. The van der Waals surface area contributed by atoms with E-state index in [0.29, 0.717) is 20.6 Å². The summed E-state index contributed by atoms with van der Waals surface area (Å²) >= 11 is 4.44. The quantitative estimate of drug-likeness (QED) is 0.779. The first-order valence-electron chi connectivity index (χ1n) is 6.78. The number of amidine groups is 2. The van der Waals surface area contributed by atoms with Crippen molar-refractivity contribution in [1.29, 1.82) is 5.41 Å². The molecule has 2 aliphatic rings. The van der Waals surface area contributed by atoms with Crippen LogP contribution in [0, 0.1) is 5.41 Å². The molecule has 0 spiro atoms. The lowest BCUT2D eigenvalue weighted by atomic mass is 10.1. The maximum atomic E-state index is 12.2. The van der Waals surface area contributed by atoms with Crippen LogP contribution in [0.4, 0.5) is 0 Å². The molecule has 4 heterocycles. The summed E-state index contributed by atoms with van der Waals surface area (Å²) in [4.78, 5) is 20.3. The Morgan fingerprint density at radius 1 is 1.33 bits per heavy atom. The highest BCUT2D eigenvalue weighted by molar-refractivity contribution is 9.10. The van der Waals surface area contributed by atoms with Crippen LogP contribution in [0.15, 0.2) is 61.4 Å². The van der Waals surface area contributed by atoms with Gasteiger partial charge in [-0.2, -0.15) is 15.1 Å². The maximum Gasteiger partial charge on any atom is 0.283 e. The smallest absolute Gasteiger partial charge is 0.283 e. The number of carbonyl (C=O) groups excluding carboxylic acids is 1. The van der Waals surface area contributed by atoms with Gasteiger partial charge in [0.2, 0.25) is 5.17 Å². The standard InChI is InChI=1S/C15H8BrN5O2S/c16-11-4-3-9(23-11)6-10-12(17)21-15(19-13(10)22)24-14(20-21)8-2-1-5-18-7-8/h1-7,17H/b10-6-,17-12?. The Morgan fingerprint density at radius 3 is 2.92 bits per heavy atom. The lowest BCUT2D eigenvalue weighted by Gasteiger charge is -2.19. The van der Waals surface area contributed by atoms with Gasteiger partial charge in [0.1, 0.15) is 10.8 Å². The second-order valence-electron chi connectivity index (χ2n) is 4.81. The molecule has 4 rings (SSSR count). The van der Waals surface area contributed by atoms with Crippen LogP contribution in [-0.2, 0) is 4.79 Å². The van der Waals surface area contributed by atoms with Crippen LogP contribution in [0.2, 0.25) is 0 Å². The number of pyridine rings is 1. The first-order valence-corrected chi connectivity index (χ1v) is 8.39. The molecule has 118 valence electrons. The third-order valence-electron chi connectivity index (χ3n) is 3.24. The van der Waals surface area contributed by atoms with Gasteiger partial charge in [-0.3, -0.25) is 15.2 Å². The van der Waals surface area contributed by atoms with Gasteiger partial charge in [0.15, 0.2) is 10.5 Å². The molecular weight excluding hydrogens is 394 g/mol. The Labute approximate surface area is 148 Å². The van der Waals surface area contributed by atoms with Crippen LogP contribution in [0.25, 0.3) is 6.08 Å². The lowest BCUT2D eigenvalue weighted by Crippen LogP contribution is -2.35. The number of rotatable bonds is 2. The molecule has 0 atom stereocenters. The summed E-state index contributed by atoms with van der Waals surface area (Å²) < 4.78 is 5.90. The number of amides is 1. The number of hydrogen-bond acceptors (Lipinski definition) is 6. The Kier molecular flexibility index (Phi) is 3.66. The summed E-state index contributed by atoms with van der Waals surface area (Å²) in [5, 5.41) is 15.0. The van der Waals surface area contributed by atoms with Crippen LogP contribution in [0.1, 0.15) is 11.3 Å². The van der Waals surface area contributed by atoms with Gasteiger partial charge in [-0.25, -0.2) is 0 Å². The minimum atomic E-state index is -0.492. The van der Waals surface area contributed by atoms with Crippen molar-refractivity contribution < 1.29 is 9.21 Å². The molecule has 0 aliphatic carbocycles. The number of fused-ring (bicyclic) bond motifs is 1. The molecule has 24 heavy (non-hydrogen) atoms. The molecule has 2 aromatic rings. The molecule has 2 aromatic heterocycles. The number of nitrogens with zero attached hydrogens (tertiary/aromatic N) is 4. The van der Waals surface area contributed by atoms with Crippen molar-refractivity contribution in [2.24, 2.45) is 10.1 Å². The van der Waals surface area contributed by atoms with Gasteiger partial charge in [0, 0.05) is 18.0 Å². The Hall–Kier alpha value is -2.52. The van der Waals surface area contributed by atoms with E-state index < -0.39 is 5.91 Å². The third kappa shape index (κ3) is 2.61. The molecule has 7 nitrogen and oxygen atoms in total. The molecule has 0 fully saturated rings. The van der Waals surface area contributed by atoms with E-state index in [1.54, 1.807) is 30.6 Å². The number of hydrazone groups is 1. The first kappa shape index (κ1) is 15.0. The van der Waals surface area contributed by atoms with Gasteiger partial charge in [-0.15, -0.1) is 0 Å². The zero-order valence-electron chi connectivity index (χ0n) is 11.9. The summed E-state index contributed by atoms with van der Waals surface area (Å²) in [6.07, 6.45) is 4.83. The Morgan fingerprint density at radius 2 is 2.21 bits per heavy atom. The molecule has 0 saturated carbocycles. The summed E-state index contributed by atoms with van der Waals surface area (Å²) in [5.41, 5.74) is 0.928. The molecule has 0 saturated heterocycles. The number of hydrogen-bond donors (Lipinski definition) is 1. The van der Waals surface area contributed by atoms with Crippen molar-refractivity contribution in [3.63, 3.8) is 0 Å². The fraction of sp³-hybridized carbons (Fsp3) is 0. The zero-order chi connectivity index (χ0) is 16.7. The highest BCUT2D eigenvalue weighted by Crippen LogP contribution is 2.30. The monoisotopic (exact) mass is 401 g/mol. The SMILES string of the molecule is N=C1/C(=C/c2ccc(Br)o2)C(=O)N=C2SC(c3cccnc3)=NN12. The number of aromatic nitrogens is 1. The molecule has 9 heteroatoms. The summed E-state index contributed by atoms with van der Waals surface area (Å²) in [6.45, 7) is 0. The van der Waals surface area contributed by atoms with Crippen molar-refractivity contribution in [1.82, 2.24) is 9.99 Å². The molecule has 1 amide bonds. The van der Waals surface area contributed by atoms with E-state index >= 15 is 0 Å². The van der Waals surface area contributed by atoms with Crippen molar-refractivity contribution >= 4 is 55.7 Å². The van der Waals surface area contributed by atoms with Crippen molar-refractivity contribution in [3.05, 3.63) is 58.2 Å². The highest BCUT2D eigenvalue weighted by atomic mass is 79.9. The van der Waals surface area contributed by atoms with Crippen molar-refractivity contribution in [2.75, 3.05) is 0 Å². The molecular formula is C15H8BrN5O2S. The van der Waals surface area contributed by atoms with Gasteiger partial charge >= 0.3 is 0 Å². The Bertz CT molecular complexity index is 948. The maximum absolute atomic E-state index is 12.2. The average molecular weight is 402 g/mol. The van der Waals surface area contributed by atoms with Gasteiger partial charge in [-0.05, 0) is 58.0 Å². The van der Waals surface area contributed by atoms with Crippen LogP contribution in [0.5, 0.6) is 0 Å². The lowest BCUT2D eigenvalue weighted by molar-refractivity contribution is -0.114. The van der Waals surface area contributed by atoms with Crippen LogP contribution in [-0.4, -0.2) is 31.9 Å². The van der Waals surface area contributed by atoms with Gasteiger partial charge < -0.3 is 4.42 Å². The van der Waals surface area contributed by atoms with Gasteiger partial charge in [-0.1, -0.05) is 0 Å². The fourth-order valence-corrected chi connectivity index (χ4v) is 3.35. The predicted octanol–water partition coefficient (Wildman–Crippen LogP) is 3.10. The fourth-order valence-electron chi connectivity index (χ4n) is 2.15. The molecule has 0 aromatic carbocycles. The highest BCUT2D eigenvalue weighted by Gasteiger charge is 2.36. The number of halogens is 1. The second-order valence-corrected chi connectivity index (χ2v) is 6.55. The molecule has 1 N–H and O–H groups in total. The average Bonchev–Trinajstić information content (AvgIpc) is 3.18. The van der Waals surface area contributed by atoms with Crippen molar-refractivity contribution in [3.8, 4) is 0 Å². The normalized spacial score (nSPS) is 18.7. The predicted molar refractivity (Wildman–Crippen MR) is 94.8 cm³/mol. The third-order valence-corrected chi connectivity index (χ3v) is 4.63. The van der Waals surface area contributed by atoms with Crippen molar-refractivity contribution in [2.45, 2.75) is 0 Å². The molecule has 2 aliphatic heterocycles. The van der Waals surface area contributed by atoms with E-state index in [0.717, 1.165) is 5.56 Å². The number of aliphatic imine (C=N–C) groups is 1. The van der Waals surface area contributed by atoms with E-state index in [9.17, 15) is 4.79 Å². The summed E-state index contributed by atoms with van der Waals surface area (Å²) in [5.74, 6) is -0.0743. The number of furan rings is 1.